The predicted molar refractivity (Wildman–Crippen MR) is 76.3 cm³/mol. The molecule has 0 radical (unpaired) electrons. The van der Waals surface area contributed by atoms with Gasteiger partial charge in [0.15, 0.2) is 0 Å². The molecule has 0 saturated heterocycles. The predicted octanol–water partition coefficient (Wildman–Crippen LogP) is 2.76. The summed E-state index contributed by atoms with van der Waals surface area (Å²) in [4.78, 5) is 0. The summed E-state index contributed by atoms with van der Waals surface area (Å²) < 4.78 is 6.01. The van der Waals surface area contributed by atoms with Gasteiger partial charge in [-0.1, -0.05) is 0 Å². The lowest BCUT2D eigenvalue weighted by atomic mass is 9.52. The highest BCUT2D eigenvalue weighted by atomic mass is 16.4. The van der Waals surface area contributed by atoms with Crippen molar-refractivity contribution in [2.24, 2.45) is 23.7 Å². The number of hydrogen-bond acceptors (Lipinski definition) is 4. The van der Waals surface area contributed by atoms with Gasteiger partial charge >= 0.3 is 0 Å². The molecule has 4 nitrogen and oxygen atoms in total. The van der Waals surface area contributed by atoms with Crippen LogP contribution in [0, 0.1) is 23.7 Å². The van der Waals surface area contributed by atoms with E-state index in [2.05, 4.69) is 15.5 Å². The molecule has 0 atom stereocenters. The summed E-state index contributed by atoms with van der Waals surface area (Å²) >= 11 is 0. The average Bonchev–Trinajstić information content (AvgIpc) is 2.86. The molecular formula is C16H25N3O. The van der Waals surface area contributed by atoms with Crippen molar-refractivity contribution in [3.63, 3.8) is 0 Å². The van der Waals surface area contributed by atoms with E-state index in [1.807, 2.05) is 7.05 Å². The highest BCUT2D eigenvalue weighted by molar-refractivity contribution is 5.08. The second-order valence-corrected chi connectivity index (χ2v) is 7.20. The van der Waals surface area contributed by atoms with Crippen LogP contribution in [0.1, 0.15) is 56.2 Å². The summed E-state index contributed by atoms with van der Waals surface area (Å²) in [6.07, 6.45) is 9.12. The first-order valence-corrected chi connectivity index (χ1v) is 8.30. The Kier molecular flexibility index (Phi) is 3.29. The van der Waals surface area contributed by atoms with Gasteiger partial charge in [-0.15, -0.1) is 10.2 Å². The van der Waals surface area contributed by atoms with Crippen molar-refractivity contribution in [1.82, 2.24) is 15.5 Å². The van der Waals surface area contributed by atoms with Crippen molar-refractivity contribution < 1.29 is 4.42 Å². The molecule has 1 N–H and O–H groups in total. The lowest BCUT2D eigenvalue weighted by Gasteiger charge is -2.53. The van der Waals surface area contributed by atoms with Crippen LogP contribution in [0.2, 0.25) is 0 Å². The maximum atomic E-state index is 6.01. The van der Waals surface area contributed by atoms with Gasteiger partial charge in [-0.2, -0.15) is 0 Å². The molecule has 0 unspecified atom stereocenters. The maximum absolute atomic E-state index is 6.01. The summed E-state index contributed by atoms with van der Waals surface area (Å²) in [5, 5.41) is 11.8. The second-order valence-electron chi connectivity index (χ2n) is 7.20. The first kappa shape index (κ1) is 12.8. The molecule has 4 heteroatoms. The van der Waals surface area contributed by atoms with Crippen LogP contribution in [0.3, 0.4) is 0 Å². The van der Waals surface area contributed by atoms with Crippen molar-refractivity contribution in [1.29, 1.82) is 0 Å². The van der Waals surface area contributed by atoms with Gasteiger partial charge in [-0.3, -0.25) is 0 Å². The van der Waals surface area contributed by atoms with E-state index >= 15 is 0 Å². The summed E-state index contributed by atoms with van der Waals surface area (Å²) in [5.41, 5.74) is 0. The van der Waals surface area contributed by atoms with Crippen molar-refractivity contribution in [2.75, 3.05) is 13.6 Å². The van der Waals surface area contributed by atoms with E-state index in [0.717, 1.165) is 54.8 Å². The fourth-order valence-electron chi connectivity index (χ4n) is 5.25. The average molecular weight is 275 g/mol. The highest BCUT2D eigenvalue weighted by Crippen LogP contribution is 2.59. The molecule has 4 aliphatic carbocycles. The van der Waals surface area contributed by atoms with E-state index in [4.69, 9.17) is 4.42 Å². The molecular weight excluding hydrogens is 250 g/mol. The Morgan fingerprint density at radius 3 is 2.40 bits per heavy atom. The number of rotatable bonds is 5. The molecule has 1 heterocycles. The smallest absolute Gasteiger partial charge is 0.220 e. The number of nitrogens with zero attached hydrogens (tertiary/aromatic N) is 2. The lowest BCUT2D eigenvalue weighted by Crippen LogP contribution is -2.43. The number of aryl methyl sites for hydroxylation is 1. The normalized spacial score (nSPS) is 38.5. The molecule has 5 rings (SSSR count). The zero-order chi connectivity index (χ0) is 13.5. The van der Waals surface area contributed by atoms with Crippen LogP contribution in [0.5, 0.6) is 0 Å². The number of hydrogen-bond donors (Lipinski definition) is 1. The zero-order valence-electron chi connectivity index (χ0n) is 12.3. The van der Waals surface area contributed by atoms with Crippen LogP contribution >= 0.6 is 0 Å². The van der Waals surface area contributed by atoms with Gasteiger partial charge in [0.25, 0.3) is 0 Å². The Hall–Kier alpha value is -0.900. The van der Waals surface area contributed by atoms with Crippen LogP contribution < -0.4 is 5.32 Å². The summed E-state index contributed by atoms with van der Waals surface area (Å²) in [5.74, 6) is 6.04. The molecule has 4 bridgehead atoms. The third kappa shape index (κ3) is 2.18. The van der Waals surface area contributed by atoms with Gasteiger partial charge in [0, 0.05) is 12.3 Å². The van der Waals surface area contributed by atoms with Crippen LogP contribution in [-0.4, -0.2) is 23.8 Å². The van der Waals surface area contributed by atoms with Crippen LogP contribution in [0.15, 0.2) is 4.42 Å². The van der Waals surface area contributed by atoms with Gasteiger partial charge < -0.3 is 9.73 Å². The maximum Gasteiger partial charge on any atom is 0.220 e. The Labute approximate surface area is 120 Å². The molecule has 0 amide bonds. The molecule has 20 heavy (non-hydrogen) atoms. The van der Waals surface area contributed by atoms with Crippen molar-refractivity contribution >= 4 is 0 Å². The summed E-state index contributed by atoms with van der Waals surface area (Å²) in [6.45, 7) is 1.01. The van der Waals surface area contributed by atoms with Crippen molar-refractivity contribution in [3.05, 3.63) is 11.8 Å². The Bertz CT molecular complexity index is 442. The Morgan fingerprint density at radius 2 is 1.75 bits per heavy atom. The first-order chi connectivity index (χ1) is 9.83. The Morgan fingerprint density at radius 1 is 1.05 bits per heavy atom. The monoisotopic (exact) mass is 275 g/mol. The molecule has 1 aromatic rings. The van der Waals surface area contributed by atoms with Gasteiger partial charge in [-0.25, -0.2) is 0 Å². The van der Waals surface area contributed by atoms with E-state index in [9.17, 15) is 0 Å². The molecule has 0 aromatic carbocycles. The highest BCUT2D eigenvalue weighted by Gasteiger charge is 2.50. The molecule has 4 fully saturated rings. The van der Waals surface area contributed by atoms with Crippen molar-refractivity contribution in [2.45, 2.75) is 50.9 Å². The molecule has 0 spiro atoms. The second kappa shape index (κ2) is 5.14. The van der Waals surface area contributed by atoms with E-state index in [-0.39, 0.29) is 0 Å². The van der Waals surface area contributed by atoms with E-state index in [1.54, 1.807) is 0 Å². The third-order valence-electron chi connectivity index (χ3n) is 5.81. The quantitative estimate of drug-likeness (QED) is 0.840. The third-order valence-corrected chi connectivity index (χ3v) is 5.81. The molecule has 0 aliphatic heterocycles. The molecule has 4 saturated carbocycles. The van der Waals surface area contributed by atoms with Crippen LogP contribution in [0.25, 0.3) is 0 Å². The molecule has 110 valence electrons. The minimum atomic E-state index is 0.577. The number of nitrogens with one attached hydrogen (secondary N) is 1. The van der Waals surface area contributed by atoms with E-state index in [0.29, 0.717) is 5.92 Å². The minimum absolute atomic E-state index is 0.577. The topological polar surface area (TPSA) is 51.0 Å². The van der Waals surface area contributed by atoms with Crippen LogP contribution in [-0.2, 0) is 6.42 Å². The summed E-state index contributed by atoms with van der Waals surface area (Å²) in [7, 11) is 1.98. The molecule has 1 aromatic heterocycles. The summed E-state index contributed by atoms with van der Waals surface area (Å²) in [6, 6.07) is 0. The SMILES string of the molecule is CNCCCc1nnc(C2C3CC4CC(C3)CC2C4)o1. The zero-order valence-corrected chi connectivity index (χ0v) is 12.3. The first-order valence-electron chi connectivity index (χ1n) is 8.30. The van der Waals surface area contributed by atoms with E-state index in [1.165, 1.54) is 32.1 Å². The minimum Gasteiger partial charge on any atom is -0.425 e. The standard InChI is InChI=1S/C16H25N3O/c1-17-4-2-3-14-18-19-16(20-14)15-12-6-10-5-11(8-12)9-13(15)7-10/h10-13,15,17H,2-9H2,1H3. The van der Waals surface area contributed by atoms with Gasteiger partial charge in [0.1, 0.15) is 0 Å². The number of aromatic nitrogens is 2. The van der Waals surface area contributed by atoms with Crippen LogP contribution in [0.4, 0.5) is 0 Å². The van der Waals surface area contributed by atoms with E-state index < -0.39 is 0 Å². The van der Waals surface area contributed by atoms with Gasteiger partial charge in [0.2, 0.25) is 11.8 Å². The molecule has 4 aliphatic rings. The lowest BCUT2D eigenvalue weighted by molar-refractivity contribution is -0.0118. The fourth-order valence-corrected chi connectivity index (χ4v) is 5.25. The van der Waals surface area contributed by atoms with Gasteiger partial charge in [-0.05, 0) is 75.8 Å². The van der Waals surface area contributed by atoms with Gasteiger partial charge in [0.05, 0.1) is 0 Å². The largest absolute Gasteiger partial charge is 0.425 e. The fraction of sp³-hybridized carbons (Fsp3) is 0.875. The van der Waals surface area contributed by atoms with Crippen molar-refractivity contribution in [3.8, 4) is 0 Å². The Balaban J connectivity index is 1.47.